The van der Waals surface area contributed by atoms with Crippen LogP contribution in [0.5, 0.6) is 5.75 Å². The summed E-state index contributed by atoms with van der Waals surface area (Å²) in [5, 5.41) is 9.52. The molecule has 2 rings (SSSR count). The van der Waals surface area contributed by atoms with E-state index < -0.39 is 0 Å². The van der Waals surface area contributed by atoms with Gasteiger partial charge in [0.05, 0.1) is 12.7 Å². The molecule has 1 aromatic carbocycles. The number of ether oxygens (including phenoxy) is 1. The van der Waals surface area contributed by atoms with E-state index in [0.29, 0.717) is 19.4 Å². The first-order valence-electron chi connectivity index (χ1n) is 8.23. The SMILES string of the molecule is Cc1cccc(OCCCC(=O)N2CCCC2CC(C)O)c1. The third kappa shape index (κ3) is 5.02. The van der Waals surface area contributed by atoms with Crippen LogP contribution >= 0.6 is 0 Å². The maximum Gasteiger partial charge on any atom is 0.222 e. The van der Waals surface area contributed by atoms with E-state index in [9.17, 15) is 9.90 Å². The predicted molar refractivity (Wildman–Crippen MR) is 86.9 cm³/mol. The Morgan fingerprint density at radius 3 is 3.05 bits per heavy atom. The Kier molecular flexibility index (Phi) is 6.25. The van der Waals surface area contributed by atoms with E-state index in [1.54, 1.807) is 6.92 Å². The summed E-state index contributed by atoms with van der Waals surface area (Å²) in [6.45, 7) is 5.21. The molecule has 1 fully saturated rings. The normalized spacial score (nSPS) is 19.2. The van der Waals surface area contributed by atoms with Gasteiger partial charge in [0.15, 0.2) is 0 Å². The Morgan fingerprint density at radius 1 is 1.50 bits per heavy atom. The van der Waals surface area contributed by atoms with E-state index in [0.717, 1.165) is 31.6 Å². The molecule has 0 radical (unpaired) electrons. The predicted octanol–water partition coefficient (Wildman–Crippen LogP) is 2.92. The first-order chi connectivity index (χ1) is 10.6. The van der Waals surface area contributed by atoms with Crippen molar-refractivity contribution in [1.82, 2.24) is 4.90 Å². The molecule has 4 nitrogen and oxygen atoms in total. The van der Waals surface area contributed by atoms with Gasteiger partial charge in [-0.15, -0.1) is 0 Å². The van der Waals surface area contributed by atoms with Crippen LogP contribution in [0, 0.1) is 6.92 Å². The van der Waals surface area contributed by atoms with Gasteiger partial charge < -0.3 is 14.7 Å². The summed E-state index contributed by atoms with van der Waals surface area (Å²) < 4.78 is 5.68. The van der Waals surface area contributed by atoms with Crippen LogP contribution in [0.3, 0.4) is 0 Å². The number of hydrogen-bond acceptors (Lipinski definition) is 3. The number of aliphatic hydroxyl groups is 1. The molecule has 2 atom stereocenters. The summed E-state index contributed by atoms with van der Waals surface area (Å²) in [5.41, 5.74) is 1.17. The Labute approximate surface area is 133 Å². The molecule has 4 heteroatoms. The first-order valence-corrected chi connectivity index (χ1v) is 8.23. The lowest BCUT2D eigenvalue weighted by Gasteiger charge is -2.25. The average Bonchev–Trinajstić information content (AvgIpc) is 2.91. The summed E-state index contributed by atoms with van der Waals surface area (Å²) in [4.78, 5) is 14.2. The highest BCUT2D eigenvalue weighted by Gasteiger charge is 2.28. The molecule has 1 aromatic rings. The summed E-state index contributed by atoms with van der Waals surface area (Å²) in [6, 6.07) is 8.16. The minimum absolute atomic E-state index is 0.191. The van der Waals surface area contributed by atoms with Crippen LogP contribution in [0.2, 0.25) is 0 Å². The summed E-state index contributed by atoms with van der Waals surface area (Å²) >= 11 is 0. The van der Waals surface area contributed by atoms with Gasteiger partial charge in [-0.25, -0.2) is 0 Å². The Bertz CT molecular complexity index is 487. The van der Waals surface area contributed by atoms with Crippen molar-refractivity contribution < 1.29 is 14.6 Å². The highest BCUT2D eigenvalue weighted by atomic mass is 16.5. The van der Waals surface area contributed by atoms with Gasteiger partial charge in [0.1, 0.15) is 5.75 Å². The van der Waals surface area contributed by atoms with Crippen LogP contribution in [0.1, 0.15) is 44.6 Å². The second kappa shape index (κ2) is 8.18. The number of aliphatic hydroxyl groups excluding tert-OH is 1. The van der Waals surface area contributed by atoms with Gasteiger partial charge >= 0.3 is 0 Å². The van der Waals surface area contributed by atoms with E-state index in [1.165, 1.54) is 5.56 Å². The molecule has 1 aliphatic rings. The van der Waals surface area contributed by atoms with Gasteiger partial charge in [-0.1, -0.05) is 12.1 Å². The van der Waals surface area contributed by atoms with Crippen LogP contribution in [-0.2, 0) is 4.79 Å². The minimum Gasteiger partial charge on any atom is -0.494 e. The molecule has 0 saturated carbocycles. The number of likely N-dealkylation sites (tertiary alicyclic amines) is 1. The Hall–Kier alpha value is -1.55. The number of benzene rings is 1. The maximum absolute atomic E-state index is 12.3. The quantitative estimate of drug-likeness (QED) is 0.788. The molecule has 122 valence electrons. The summed E-state index contributed by atoms with van der Waals surface area (Å²) in [7, 11) is 0. The van der Waals surface area contributed by atoms with Crippen molar-refractivity contribution in [1.29, 1.82) is 0 Å². The molecule has 1 aliphatic heterocycles. The number of aryl methyl sites for hydroxylation is 1. The maximum atomic E-state index is 12.3. The van der Waals surface area contributed by atoms with Gasteiger partial charge in [-0.3, -0.25) is 4.79 Å². The van der Waals surface area contributed by atoms with E-state index in [4.69, 9.17) is 4.74 Å². The third-order valence-corrected chi connectivity index (χ3v) is 4.10. The molecule has 0 bridgehead atoms. The lowest BCUT2D eigenvalue weighted by molar-refractivity contribution is -0.132. The molecule has 22 heavy (non-hydrogen) atoms. The molecule has 1 saturated heterocycles. The lowest BCUT2D eigenvalue weighted by Crippen LogP contribution is -2.37. The van der Waals surface area contributed by atoms with Gasteiger partial charge in [0, 0.05) is 19.0 Å². The number of amides is 1. The van der Waals surface area contributed by atoms with E-state index in [1.807, 2.05) is 36.1 Å². The largest absolute Gasteiger partial charge is 0.494 e. The monoisotopic (exact) mass is 305 g/mol. The molecule has 1 amide bonds. The van der Waals surface area contributed by atoms with Crippen LogP contribution in [-0.4, -0.2) is 41.2 Å². The smallest absolute Gasteiger partial charge is 0.222 e. The van der Waals surface area contributed by atoms with Gasteiger partial charge in [0.25, 0.3) is 0 Å². The Balaban J connectivity index is 1.71. The van der Waals surface area contributed by atoms with Crippen LogP contribution in [0.4, 0.5) is 0 Å². The zero-order valence-corrected chi connectivity index (χ0v) is 13.6. The highest BCUT2D eigenvalue weighted by Crippen LogP contribution is 2.22. The third-order valence-electron chi connectivity index (χ3n) is 4.10. The van der Waals surface area contributed by atoms with Crippen molar-refractivity contribution >= 4 is 5.91 Å². The fourth-order valence-corrected chi connectivity index (χ4v) is 3.06. The fraction of sp³-hybridized carbons (Fsp3) is 0.611. The van der Waals surface area contributed by atoms with Crippen molar-refractivity contribution in [3.63, 3.8) is 0 Å². The molecule has 1 N–H and O–H groups in total. The lowest BCUT2D eigenvalue weighted by atomic mass is 10.1. The van der Waals surface area contributed by atoms with Gasteiger partial charge in [0.2, 0.25) is 5.91 Å². The molecule has 1 heterocycles. The second-order valence-electron chi connectivity index (χ2n) is 6.24. The van der Waals surface area contributed by atoms with Crippen molar-refractivity contribution in [2.75, 3.05) is 13.2 Å². The van der Waals surface area contributed by atoms with Crippen molar-refractivity contribution in [3.05, 3.63) is 29.8 Å². The Morgan fingerprint density at radius 2 is 2.32 bits per heavy atom. The highest BCUT2D eigenvalue weighted by molar-refractivity contribution is 5.76. The molecule has 0 spiro atoms. The zero-order chi connectivity index (χ0) is 15.9. The number of nitrogens with zero attached hydrogens (tertiary/aromatic N) is 1. The van der Waals surface area contributed by atoms with Crippen LogP contribution < -0.4 is 4.74 Å². The number of rotatable bonds is 7. The second-order valence-corrected chi connectivity index (χ2v) is 6.24. The first kappa shape index (κ1) is 16.8. The summed E-state index contributed by atoms with van der Waals surface area (Å²) in [6.07, 6.45) is 3.64. The van der Waals surface area contributed by atoms with E-state index >= 15 is 0 Å². The standard InChI is InChI=1S/C18H27NO3/c1-14-6-3-8-17(12-14)22-11-5-9-18(21)19-10-4-7-16(19)13-15(2)20/h3,6,8,12,15-16,20H,4-5,7,9-11,13H2,1-2H3. The molecule has 0 aliphatic carbocycles. The number of hydrogen-bond donors (Lipinski definition) is 1. The van der Waals surface area contributed by atoms with Gasteiger partial charge in [-0.05, 0) is 57.2 Å². The van der Waals surface area contributed by atoms with Crippen LogP contribution in [0.15, 0.2) is 24.3 Å². The minimum atomic E-state index is -0.344. The number of carbonyl (C=O) groups excluding carboxylic acids is 1. The fourth-order valence-electron chi connectivity index (χ4n) is 3.06. The molecular weight excluding hydrogens is 278 g/mol. The number of carbonyl (C=O) groups is 1. The average molecular weight is 305 g/mol. The van der Waals surface area contributed by atoms with E-state index in [-0.39, 0.29) is 18.1 Å². The van der Waals surface area contributed by atoms with Crippen molar-refractivity contribution in [2.45, 2.75) is 58.1 Å². The van der Waals surface area contributed by atoms with Crippen molar-refractivity contribution in [2.24, 2.45) is 0 Å². The van der Waals surface area contributed by atoms with Crippen molar-refractivity contribution in [3.8, 4) is 5.75 Å². The van der Waals surface area contributed by atoms with E-state index in [2.05, 4.69) is 0 Å². The molecule has 0 aromatic heterocycles. The molecular formula is C18H27NO3. The summed E-state index contributed by atoms with van der Waals surface area (Å²) in [5.74, 6) is 1.05. The van der Waals surface area contributed by atoms with Crippen LogP contribution in [0.25, 0.3) is 0 Å². The zero-order valence-electron chi connectivity index (χ0n) is 13.6. The van der Waals surface area contributed by atoms with Gasteiger partial charge in [-0.2, -0.15) is 0 Å². The topological polar surface area (TPSA) is 49.8 Å². The molecule has 2 unspecified atom stereocenters.